The molecule has 1 rings (SSSR count). The molecule has 104 valence electrons. The molecule has 0 saturated heterocycles. The summed E-state index contributed by atoms with van der Waals surface area (Å²) in [6.07, 6.45) is 1.04. The summed E-state index contributed by atoms with van der Waals surface area (Å²) < 4.78 is 0. The molecule has 0 heterocycles. The van der Waals surface area contributed by atoms with E-state index in [4.69, 9.17) is 5.73 Å². The zero-order valence-corrected chi connectivity index (χ0v) is 11.7. The van der Waals surface area contributed by atoms with Gasteiger partial charge in [-0.15, -0.1) is 0 Å². The number of anilines is 1. The van der Waals surface area contributed by atoms with Crippen LogP contribution in [0.3, 0.4) is 0 Å². The number of amides is 2. The number of nitrogens with two attached hydrogens (primary N) is 1. The Kier molecular flexibility index (Phi) is 5.51. The molecule has 19 heavy (non-hydrogen) atoms. The molecule has 0 radical (unpaired) electrons. The molecular formula is C14H21N3O2. The molecule has 3 N–H and O–H groups in total. The van der Waals surface area contributed by atoms with Crippen LogP contribution in [0.1, 0.15) is 28.8 Å². The van der Waals surface area contributed by atoms with E-state index in [-0.39, 0.29) is 11.8 Å². The molecule has 5 nitrogen and oxygen atoms in total. The van der Waals surface area contributed by atoms with Gasteiger partial charge in [0.2, 0.25) is 5.91 Å². The van der Waals surface area contributed by atoms with E-state index in [1.165, 1.54) is 4.90 Å². The Balaban J connectivity index is 2.86. The van der Waals surface area contributed by atoms with Gasteiger partial charge in [-0.1, -0.05) is 6.07 Å². The summed E-state index contributed by atoms with van der Waals surface area (Å²) >= 11 is 0. The second-order valence-electron chi connectivity index (χ2n) is 4.67. The summed E-state index contributed by atoms with van der Waals surface area (Å²) in [5.74, 6) is -0.166. The van der Waals surface area contributed by atoms with Gasteiger partial charge in [-0.3, -0.25) is 9.59 Å². The average molecular weight is 263 g/mol. The lowest BCUT2D eigenvalue weighted by atomic mass is 10.1. The zero-order valence-electron chi connectivity index (χ0n) is 11.7. The molecule has 2 amide bonds. The maximum Gasteiger partial charge on any atom is 0.253 e. The Morgan fingerprint density at radius 3 is 2.58 bits per heavy atom. The number of hydrogen-bond acceptors (Lipinski definition) is 3. The van der Waals surface area contributed by atoms with E-state index in [0.717, 1.165) is 5.56 Å². The van der Waals surface area contributed by atoms with Crippen LogP contribution in [0.4, 0.5) is 5.69 Å². The second-order valence-corrected chi connectivity index (χ2v) is 4.67. The van der Waals surface area contributed by atoms with E-state index in [9.17, 15) is 9.59 Å². The van der Waals surface area contributed by atoms with Crippen molar-refractivity contribution in [3.05, 3.63) is 29.3 Å². The molecule has 0 unspecified atom stereocenters. The number of nitrogens with zero attached hydrogens (tertiary/aromatic N) is 1. The first kappa shape index (κ1) is 15.2. The molecule has 0 aliphatic heterocycles. The molecule has 0 saturated carbocycles. The van der Waals surface area contributed by atoms with E-state index in [1.54, 1.807) is 26.2 Å². The third kappa shape index (κ3) is 4.37. The number of nitrogens with one attached hydrogen (secondary N) is 1. The average Bonchev–Trinajstić information content (AvgIpc) is 2.38. The number of rotatable bonds is 5. The number of aryl methyl sites for hydroxylation is 1. The number of hydrogen-bond donors (Lipinski definition) is 2. The van der Waals surface area contributed by atoms with Crippen LogP contribution in [0.25, 0.3) is 0 Å². The lowest BCUT2D eigenvalue weighted by Crippen LogP contribution is -2.22. The van der Waals surface area contributed by atoms with Crippen LogP contribution < -0.4 is 11.1 Å². The highest BCUT2D eigenvalue weighted by atomic mass is 16.2. The normalized spacial score (nSPS) is 10.1. The topological polar surface area (TPSA) is 75.4 Å². The van der Waals surface area contributed by atoms with Crippen molar-refractivity contribution >= 4 is 17.5 Å². The number of carbonyl (C=O) groups is 2. The zero-order chi connectivity index (χ0) is 14.4. The molecular weight excluding hydrogens is 242 g/mol. The van der Waals surface area contributed by atoms with Crippen molar-refractivity contribution in [3.63, 3.8) is 0 Å². The quantitative estimate of drug-likeness (QED) is 0.842. The molecule has 0 aromatic heterocycles. The van der Waals surface area contributed by atoms with Gasteiger partial charge in [-0.05, 0) is 37.6 Å². The molecule has 0 spiro atoms. The Hall–Kier alpha value is -1.88. The van der Waals surface area contributed by atoms with Gasteiger partial charge in [0.25, 0.3) is 5.91 Å². The van der Waals surface area contributed by atoms with Crippen LogP contribution in [0.5, 0.6) is 0 Å². The highest BCUT2D eigenvalue weighted by Gasteiger charge is 2.11. The Labute approximate surface area is 113 Å². The highest BCUT2D eigenvalue weighted by molar-refractivity contribution is 5.97. The fourth-order valence-electron chi connectivity index (χ4n) is 1.62. The van der Waals surface area contributed by atoms with Gasteiger partial charge in [0, 0.05) is 31.8 Å². The largest absolute Gasteiger partial charge is 0.345 e. The SMILES string of the molecule is Cc1ccc(C(=O)N(C)C)cc1NC(=O)CCCN. The van der Waals surface area contributed by atoms with E-state index >= 15 is 0 Å². The fourth-order valence-corrected chi connectivity index (χ4v) is 1.62. The maximum absolute atomic E-state index is 11.9. The predicted octanol–water partition coefficient (Wildman–Crippen LogP) is 1.37. The van der Waals surface area contributed by atoms with Crippen molar-refractivity contribution in [2.45, 2.75) is 19.8 Å². The van der Waals surface area contributed by atoms with Gasteiger partial charge in [-0.25, -0.2) is 0 Å². The smallest absolute Gasteiger partial charge is 0.253 e. The van der Waals surface area contributed by atoms with E-state index in [1.807, 2.05) is 13.0 Å². The molecule has 0 bridgehead atoms. The van der Waals surface area contributed by atoms with Crippen LogP contribution >= 0.6 is 0 Å². The van der Waals surface area contributed by atoms with Crippen molar-refractivity contribution < 1.29 is 9.59 Å². The molecule has 0 atom stereocenters. The van der Waals surface area contributed by atoms with Gasteiger partial charge in [0.1, 0.15) is 0 Å². The third-order valence-electron chi connectivity index (χ3n) is 2.77. The van der Waals surface area contributed by atoms with Gasteiger partial charge in [0.05, 0.1) is 0 Å². The monoisotopic (exact) mass is 263 g/mol. The highest BCUT2D eigenvalue weighted by Crippen LogP contribution is 2.18. The van der Waals surface area contributed by atoms with Crippen LogP contribution in [-0.4, -0.2) is 37.4 Å². The summed E-state index contributed by atoms with van der Waals surface area (Å²) in [5, 5.41) is 2.81. The van der Waals surface area contributed by atoms with Crippen molar-refractivity contribution in [3.8, 4) is 0 Å². The Morgan fingerprint density at radius 2 is 2.00 bits per heavy atom. The fraction of sp³-hybridized carbons (Fsp3) is 0.429. The first-order valence-corrected chi connectivity index (χ1v) is 6.28. The van der Waals surface area contributed by atoms with Crippen molar-refractivity contribution in [1.82, 2.24) is 4.90 Å². The summed E-state index contributed by atoms with van der Waals surface area (Å²) in [5.41, 5.74) is 7.53. The summed E-state index contributed by atoms with van der Waals surface area (Å²) in [4.78, 5) is 25.0. The molecule has 1 aromatic rings. The van der Waals surface area contributed by atoms with E-state index < -0.39 is 0 Å². The van der Waals surface area contributed by atoms with Gasteiger partial charge < -0.3 is 16.0 Å². The lowest BCUT2D eigenvalue weighted by Gasteiger charge is -2.13. The van der Waals surface area contributed by atoms with Crippen molar-refractivity contribution in [1.29, 1.82) is 0 Å². The maximum atomic E-state index is 11.9. The first-order chi connectivity index (χ1) is 8.95. The minimum absolute atomic E-state index is 0.0806. The molecule has 0 aliphatic carbocycles. The summed E-state index contributed by atoms with van der Waals surface area (Å²) in [6.45, 7) is 2.38. The van der Waals surface area contributed by atoms with Crippen LogP contribution in [-0.2, 0) is 4.79 Å². The number of benzene rings is 1. The Morgan fingerprint density at radius 1 is 1.32 bits per heavy atom. The van der Waals surface area contributed by atoms with E-state index in [2.05, 4.69) is 5.32 Å². The van der Waals surface area contributed by atoms with Crippen LogP contribution in [0.2, 0.25) is 0 Å². The predicted molar refractivity (Wildman–Crippen MR) is 76.1 cm³/mol. The standard InChI is InChI=1S/C14H21N3O2/c1-10-6-7-11(14(19)17(2)3)9-12(10)16-13(18)5-4-8-15/h6-7,9H,4-5,8,15H2,1-3H3,(H,16,18). The molecule has 5 heteroatoms. The van der Waals surface area contributed by atoms with Crippen molar-refractivity contribution in [2.75, 3.05) is 26.0 Å². The Bertz CT molecular complexity index is 470. The van der Waals surface area contributed by atoms with Gasteiger partial charge >= 0.3 is 0 Å². The summed E-state index contributed by atoms with van der Waals surface area (Å²) in [6, 6.07) is 5.29. The second kappa shape index (κ2) is 6.89. The molecule has 1 aromatic carbocycles. The first-order valence-electron chi connectivity index (χ1n) is 6.28. The molecule has 0 fully saturated rings. The van der Waals surface area contributed by atoms with Gasteiger partial charge in [0.15, 0.2) is 0 Å². The molecule has 0 aliphatic rings. The minimum atomic E-state index is -0.0857. The van der Waals surface area contributed by atoms with Gasteiger partial charge in [-0.2, -0.15) is 0 Å². The lowest BCUT2D eigenvalue weighted by molar-refractivity contribution is -0.116. The number of carbonyl (C=O) groups excluding carboxylic acids is 2. The van der Waals surface area contributed by atoms with Crippen LogP contribution in [0.15, 0.2) is 18.2 Å². The third-order valence-corrected chi connectivity index (χ3v) is 2.77. The van der Waals surface area contributed by atoms with Crippen molar-refractivity contribution in [2.24, 2.45) is 5.73 Å². The van der Waals surface area contributed by atoms with E-state index in [0.29, 0.717) is 30.6 Å². The summed E-state index contributed by atoms with van der Waals surface area (Å²) in [7, 11) is 3.39. The minimum Gasteiger partial charge on any atom is -0.345 e. The van der Waals surface area contributed by atoms with Crippen LogP contribution in [0, 0.1) is 6.92 Å².